The Morgan fingerprint density at radius 1 is 1.04 bits per heavy atom. The van der Waals surface area contributed by atoms with Crippen molar-refractivity contribution in [2.75, 3.05) is 11.9 Å². The molecule has 6 nitrogen and oxygen atoms in total. The summed E-state index contributed by atoms with van der Waals surface area (Å²) in [5.74, 6) is -0.716. The highest BCUT2D eigenvalue weighted by Gasteiger charge is 2.16. The minimum Gasteiger partial charge on any atom is -0.466 e. The molecule has 2 amide bonds. The quantitative estimate of drug-likeness (QED) is 0.743. The summed E-state index contributed by atoms with van der Waals surface area (Å²) >= 11 is 0. The van der Waals surface area contributed by atoms with E-state index in [0.29, 0.717) is 17.9 Å². The van der Waals surface area contributed by atoms with Gasteiger partial charge in [0.2, 0.25) is 5.91 Å². The summed E-state index contributed by atoms with van der Waals surface area (Å²) in [6, 6.07) is 7.04. The Bertz CT molecular complexity index is 592. The highest BCUT2D eigenvalue weighted by molar-refractivity contribution is 5.96. The van der Waals surface area contributed by atoms with Crippen LogP contribution in [0.1, 0.15) is 62.2 Å². The van der Waals surface area contributed by atoms with Crippen LogP contribution in [-0.2, 0) is 14.3 Å². The number of anilines is 1. The van der Waals surface area contributed by atoms with Gasteiger partial charge < -0.3 is 15.4 Å². The molecule has 0 bridgehead atoms. The summed E-state index contributed by atoms with van der Waals surface area (Å²) in [7, 11) is 0. The second kappa shape index (κ2) is 9.81. The standard InChI is InChI=1S/C19H26N2O4/c1-2-25-18(23)13-12-17(22)20-16-10-8-14(9-11-16)19(24)21-15-6-4-3-5-7-15/h8-11,15H,2-7,12-13H2,1H3,(H,20,22)(H,21,24). The van der Waals surface area contributed by atoms with Gasteiger partial charge in [0.05, 0.1) is 13.0 Å². The van der Waals surface area contributed by atoms with Gasteiger partial charge in [0.25, 0.3) is 5.91 Å². The molecule has 0 atom stereocenters. The van der Waals surface area contributed by atoms with Gasteiger partial charge in [-0.2, -0.15) is 0 Å². The van der Waals surface area contributed by atoms with Crippen LogP contribution in [-0.4, -0.2) is 30.4 Å². The van der Waals surface area contributed by atoms with Crippen LogP contribution in [0.15, 0.2) is 24.3 Å². The molecule has 1 aromatic carbocycles. The molecule has 0 radical (unpaired) electrons. The molecule has 1 saturated carbocycles. The number of nitrogens with one attached hydrogen (secondary N) is 2. The number of carbonyl (C=O) groups excluding carboxylic acids is 3. The topological polar surface area (TPSA) is 84.5 Å². The van der Waals surface area contributed by atoms with Crippen LogP contribution in [0, 0.1) is 0 Å². The van der Waals surface area contributed by atoms with Gasteiger partial charge in [-0.05, 0) is 44.0 Å². The van der Waals surface area contributed by atoms with Gasteiger partial charge >= 0.3 is 5.97 Å². The summed E-state index contributed by atoms with van der Waals surface area (Å²) in [4.78, 5) is 35.3. The Balaban J connectivity index is 1.79. The number of esters is 1. The minimum absolute atomic E-state index is 0.0571. The maximum atomic E-state index is 12.2. The van der Waals surface area contributed by atoms with Gasteiger partial charge in [0.15, 0.2) is 0 Å². The normalized spacial score (nSPS) is 14.6. The summed E-state index contributed by atoms with van der Waals surface area (Å²) in [6.45, 7) is 2.04. The van der Waals surface area contributed by atoms with Crippen molar-refractivity contribution in [1.82, 2.24) is 5.32 Å². The van der Waals surface area contributed by atoms with E-state index in [1.807, 2.05) is 0 Å². The molecule has 2 N–H and O–H groups in total. The van der Waals surface area contributed by atoms with E-state index in [-0.39, 0.29) is 36.7 Å². The summed E-state index contributed by atoms with van der Waals surface area (Å²) < 4.78 is 4.78. The minimum atomic E-state index is -0.382. The van der Waals surface area contributed by atoms with Crippen molar-refractivity contribution in [3.8, 4) is 0 Å². The molecule has 1 fully saturated rings. The lowest BCUT2D eigenvalue weighted by Gasteiger charge is -2.22. The van der Waals surface area contributed by atoms with E-state index in [4.69, 9.17) is 4.74 Å². The molecule has 6 heteroatoms. The van der Waals surface area contributed by atoms with Crippen LogP contribution in [0.5, 0.6) is 0 Å². The van der Waals surface area contributed by atoms with Crippen molar-refractivity contribution < 1.29 is 19.1 Å². The lowest BCUT2D eigenvalue weighted by molar-refractivity contribution is -0.144. The number of hydrogen-bond donors (Lipinski definition) is 2. The third kappa shape index (κ3) is 6.57. The Kier molecular flexibility index (Phi) is 7.44. The molecular formula is C19H26N2O4. The van der Waals surface area contributed by atoms with Crippen molar-refractivity contribution in [3.05, 3.63) is 29.8 Å². The predicted molar refractivity (Wildman–Crippen MR) is 95.3 cm³/mol. The fourth-order valence-corrected chi connectivity index (χ4v) is 2.89. The fraction of sp³-hybridized carbons (Fsp3) is 0.526. The first-order valence-corrected chi connectivity index (χ1v) is 8.95. The number of benzene rings is 1. The number of amides is 2. The molecule has 0 aromatic heterocycles. The Labute approximate surface area is 148 Å². The Hall–Kier alpha value is -2.37. The average molecular weight is 346 g/mol. The van der Waals surface area contributed by atoms with E-state index in [9.17, 15) is 14.4 Å². The van der Waals surface area contributed by atoms with Crippen LogP contribution in [0.25, 0.3) is 0 Å². The van der Waals surface area contributed by atoms with Crippen LogP contribution in [0.2, 0.25) is 0 Å². The first-order valence-electron chi connectivity index (χ1n) is 8.95. The third-order valence-electron chi connectivity index (χ3n) is 4.23. The Morgan fingerprint density at radius 3 is 2.36 bits per heavy atom. The highest BCUT2D eigenvalue weighted by Crippen LogP contribution is 2.18. The molecule has 0 aliphatic heterocycles. The molecular weight excluding hydrogens is 320 g/mol. The van der Waals surface area contributed by atoms with Crippen molar-refractivity contribution in [2.45, 2.75) is 57.9 Å². The zero-order chi connectivity index (χ0) is 18.1. The van der Waals surface area contributed by atoms with E-state index in [1.54, 1.807) is 31.2 Å². The van der Waals surface area contributed by atoms with E-state index in [1.165, 1.54) is 19.3 Å². The molecule has 136 valence electrons. The lowest BCUT2D eigenvalue weighted by atomic mass is 9.95. The van der Waals surface area contributed by atoms with Crippen molar-refractivity contribution in [3.63, 3.8) is 0 Å². The molecule has 1 aromatic rings. The van der Waals surface area contributed by atoms with E-state index in [2.05, 4.69) is 10.6 Å². The van der Waals surface area contributed by atoms with Gasteiger partial charge in [-0.15, -0.1) is 0 Å². The van der Waals surface area contributed by atoms with Crippen molar-refractivity contribution in [2.24, 2.45) is 0 Å². The fourth-order valence-electron chi connectivity index (χ4n) is 2.89. The molecule has 0 unspecified atom stereocenters. The van der Waals surface area contributed by atoms with Crippen LogP contribution < -0.4 is 10.6 Å². The number of ether oxygens (including phenoxy) is 1. The van der Waals surface area contributed by atoms with Crippen molar-refractivity contribution >= 4 is 23.5 Å². The maximum absolute atomic E-state index is 12.2. The van der Waals surface area contributed by atoms with Gasteiger partial charge in [0.1, 0.15) is 0 Å². The average Bonchev–Trinajstić information content (AvgIpc) is 2.62. The zero-order valence-electron chi connectivity index (χ0n) is 14.7. The highest BCUT2D eigenvalue weighted by atomic mass is 16.5. The number of carbonyl (C=O) groups is 3. The van der Waals surface area contributed by atoms with Gasteiger partial charge in [-0.25, -0.2) is 0 Å². The molecule has 0 heterocycles. The van der Waals surface area contributed by atoms with Crippen molar-refractivity contribution in [1.29, 1.82) is 0 Å². The molecule has 25 heavy (non-hydrogen) atoms. The smallest absolute Gasteiger partial charge is 0.306 e. The maximum Gasteiger partial charge on any atom is 0.306 e. The second-order valence-electron chi connectivity index (χ2n) is 6.24. The predicted octanol–water partition coefficient (Wildman–Crippen LogP) is 3.03. The molecule has 2 rings (SSSR count). The first-order chi connectivity index (χ1) is 12.1. The summed E-state index contributed by atoms with van der Waals surface area (Å²) in [5.41, 5.74) is 1.18. The Morgan fingerprint density at radius 2 is 1.72 bits per heavy atom. The van der Waals surface area contributed by atoms with Crippen LogP contribution in [0.3, 0.4) is 0 Å². The first kappa shape index (κ1) is 19.0. The molecule has 1 aliphatic rings. The monoisotopic (exact) mass is 346 g/mol. The van der Waals surface area contributed by atoms with Gasteiger partial charge in [0, 0.05) is 23.7 Å². The lowest BCUT2D eigenvalue weighted by Crippen LogP contribution is -2.36. The van der Waals surface area contributed by atoms with E-state index >= 15 is 0 Å². The summed E-state index contributed by atoms with van der Waals surface area (Å²) in [5, 5.41) is 5.77. The van der Waals surface area contributed by atoms with Crippen LogP contribution >= 0.6 is 0 Å². The zero-order valence-corrected chi connectivity index (χ0v) is 14.7. The molecule has 1 aliphatic carbocycles. The van der Waals surface area contributed by atoms with Gasteiger partial charge in [-0.1, -0.05) is 19.3 Å². The number of hydrogen-bond acceptors (Lipinski definition) is 4. The van der Waals surface area contributed by atoms with E-state index < -0.39 is 0 Å². The van der Waals surface area contributed by atoms with Gasteiger partial charge in [-0.3, -0.25) is 14.4 Å². The molecule has 0 spiro atoms. The second-order valence-corrected chi connectivity index (χ2v) is 6.24. The number of rotatable bonds is 7. The van der Waals surface area contributed by atoms with E-state index in [0.717, 1.165) is 12.8 Å². The van der Waals surface area contributed by atoms with Crippen LogP contribution in [0.4, 0.5) is 5.69 Å². The summed E-state index contributed by atoms with van der Waals surface area (Å²) in [6.07, 6.45) is 5.80. The largest absolute Gasteiger partial charge is 0.466 e. The molecule has 0 saturated heterocycles. The third-order valence-corrected chi connectivity index (χ3v) is 4.23. The SMILES string of the molecule is CCOC(=O)CCC(=O)Nc1ccc(C(=O)NC2CCCCC2)cc1.